The summed E-state index contributed by atoms with van der Waals surface area (Å²) in [6, 6.07) is 9.89. The summed E-state index contributed by atoms with van der Waals surface area (Å²) in [7, 11) is 0. The number of ketones is 1. The first-order chi connectivity index (χ1) is 7.86. The number of pyridine rings is 1. The molecule has 0 N–H and O–H groups in total. The molecule has 0 atom stereocenters. The predicted octanol–water partition coefficient (Wildman–Crippen LogP) is 2.88. The summed E-state index contributed by atoms with van der Waals surface area (Å²) in [6.07, 6.45) is 5.11. The van der Waals surface area contributed by atoms with E-state index in [-0.39, 0.29) is 5.78 Å². The lowest BCUT2D eigenvalue weighted by Gasteiger charge is -2.06. The van der Waals surface area contributed by atoms with Crippen LogP contribution < -0.4 is 0 Å². The van der Waals surface area contributed by atoms with Crippen LogP contribution in [0.1, 0.15) is 22.3 Å². The van der Waals surface area contributed by atoms with Crippen LogP contribution in [0.25, 0.3) is 11.1 Å². The van der Waals surface area contributed by atoms with E-state index in [9.17, 15) is 4.79 Å². The van der Waals surface area contributed by atoms with Gasteiger partial charge >= 0.3 is 0 Å². The summed E-state index contributed by atoms with van der Waals surface area (Å²) in [4.78, 5) is 15.8. The normalized spacial score (nSPS) is 13.9. The molecule has 78 valence electrons. The molecule has 0 aliphatic heterocycles. The Hall–Kier alpha value is -1.96. The molecule has 2 aromatic rings. The standard InChI is InChI=1S/C14H11NO/c16-14-7-6-12-11(4-1-5-13(12)14)10-3-2-8-15-9-10/h1-5,8-9H,6-7H2. The number of carbonyl (C=O) groups is 1. The molecule has 0 saturated heterocycles. The van der Waals surface area contributed by atoms with Gasteiger partial charge in [0.1, 0.15) is 0 Å². The maximum absolute atomic E-state index is 11.6. The minimum Gasteiger partial charge on any atom is -0.294 e. The van der Waals surface area contributed by atoms with Gasteiger partial charge in [-0.1, -0.05) is 24.3 Å². The predicted molar refractivity (Wildman–Crippen MR) is 62.3 cm³/mol. The summed E-state index contributed by atoms with van der Waals surface area (Å²) >= 11 is 0. The molecule has 0 unspecified atom stereocenters. The molecule has 0 spiro atoms. The summed E-state index contributed by atoms with van der Waals surface area (Å²) in [5, 5.41) is 0. The first-order valence-electron chi connectivity index (χ1n) is 5.42. The lowest BCUT2D eigenvalue weighted by molar-refractivity contribution is 0.0994. The van der Waals surface area contributed by atoms with Crippen LogP contribution in [0.4, 0.5) is 0 Å². The molecule has 0 bridgehead atoms. The lowest BCUT2D eigenvalue weighted by Crippen LogP contribution is -1.92. The molecule has 16 heavy (non-hydrogen) atoms. The molecule has 2 nitrogen and oxygen atoms in total. The highest BCUT2D eigenvalue weighted by Crippen LogP contribution is 2.31. The van der Waals surface area contributed by atoms with Crippen LogP contribution in [0.5, 0.6) is 0 Å². The van der Waals surface area contributed by atoms with Crippen LogP contribution in [-0.2, 0) is 6.42 Å². The van der Waals surface area contributed by atoms with E-state index in [4.69, 9.17) is 0 Å². The molecule has 2 heteroatoms. The summed E-state index contributed by atoms with van der Waals surface area (Å²) in [5.74, 6) is 0.265. The Bertz CT molecular complexity index is 546. The number of fused-ring (bicyclic) bond motifs is 1. The van der Waals surface area contributed by atoms with Crippen LogP contribution in [0.3, 0.4) is 0 Å². The van der Waals surface area contributed by atoms with Crippen LogP contribution in [0, 0.1) is 0 Å². The van der Waals surface area contributed by atoms with Gasteiger partial charge in [-0.05, 0) is 23.6 Å². The summed E-state index contributed by atoms with van der Waals surface area (Å²) in [5.41, 5.74) is 4.31. The van der Waals surface area contributed by atoms with Gasteiger partial charge in [-0.25, -0.2) is 0 Å². The van der Waals surface area contributed by atoms with Gasteiger partial charge in [0.05, 0.1) is 0 Å². The third-order valence-corrected chi connectivity index (χ3v) is 3.05. The second-order valence-corrected chi connectivity index (χ2v) is 4.00. The van der Waals surface area contributed by atoms with Crippen molar-refractivity contribution in [2.45, 2.75) is 12.8 Å². The Morgan fingerprint density at radius 1 is 1.00 bits per heavy atom. The molecule has 1 aliphatic carbocycles. The average Bonchev–Trinajstić information content (AvgIpc) is 2.73. The Morgan fingerprint density at radius 3 is 2.69 bits per heavy atom. The molecule has 3 rings (SSSR count). The number of hydrogen-bond donors (Lipinski definition) is 0. The van der Waals surface area contributed by atoms with Crippen molar-refractivity contribution in [2.75, 3.05) is 0 Å². The second kappa shape index (κ2) is 3.56. The van der Waals surface area contributed by atoms with Crippen LogP contribution in [0.15, 0.2) is 42.7 Å². The number of rotatable bonds is 1. The fourth-order valence-electron chi connectivity index (χ4n) is 2.28. The van der Waals surface area contributed by atoms with Crippen molar-refractivity contribution in [1.82, 2.24) is 4.98 Å². The van der Waals surface area contributed by atoms with Crippen LogP contribution >= 0.6 is 0 Å². The van der Waals surface area contributed by atoms with Gasteiger partial charge < -0.3 is 0 Å². The van der Waals surface area contributed by atoms with E-state index in [1.807, 2.05) is 30.5 Å². The third kappa shape index (κ3) is 1.34. The highest BCUT2D eigenvalue weighted by molar-refractivity contribution is 6.02. The Balaban J connectivity index is 2.20. The van der Waals surface area contributed by atoms with Gasteiger partial charge in [-0.15, -0.1) is 0 Å². The summed E-state index contributed by atoms with van der Waals surface area (Å²) < 4.78 is 0. The zero-order chi connectivity index (χ0) is 11.0. The highest BCUT2D eigenvalue weighted by atomic mass is 16.1. The van der Waals surface area contributed by atoms with E-state index in [0.717, 1.165) is 23.1 Å². The largest absolute Gasteiger partial charge is 0.294 e. The molecular formula is C14H11NO. The molecule has 1 aliphatic rings. The number of carbonyl (C=O) groups excluding carboxylic acids is 1. The second-order valence-electron chi connectivity index (χ2n) is 4.00. The quantitative estimate of drug-likeness (QED) is 0.722. The maximum Gasteiger partial charge on any atom is 0.163 e. The fourth-order valence-corrected chi connectivity index (χ4v) is 2.28. The molecule has 0 amide bonds. The monoisotopic (exact) mass is 209 g/mol. The Kier molecular flexibility index (Phi) is 2.07. The average molecular weight is 209 g/mol. The van der Waals surface area contributed by atoms with Gasteiger partial charge in [-0.2, -0.15) is 0 Å². The van der Waals surface area contributed by atoms with Crippen molar-refractivity contribution >= 4 is 5.78 Å². The first-order valence-corrected chi connectivity index (χ1v) is 5.42. The van der Waals surface area contributed by atoms with Crippen molar-refractivity contribution in [1.29, 1.82) is 0 Å². The third-order valence-electron chi connectivity index (χ3n) is 3.05. The van der Waals surface area contributed by atoms with Gasteiger partial charge in [0.2, 0.25) is 0 Å². The van der Waals surface area contributed by atoms with Crippen molar-refractivity contribution in [3.63, 3.8) is 0 Å². The van der Waals surface area contributed by atoms with Gasteiger partial charge in [0, 0.05) is 29.9 Å². The van der Waals surface area contributed by atoms with Crippen molar-refractivity contribution in [3.05, 3.63) is 53.9 Å². The number of hydrogen-bond acceptors (Lipinski definition) is 2. The zero-order valence-electron chi connectivity index (χ0n) is 8.81. The SMILES string of the molecule is O=C1CCc2c1cccc2-c1cccnc1. The summed E-state index contributed by atoms with van der Waals surface area (Å²) in [6.45, 7) is 0. The number of benzene rings is 1. The van der Waals surface area contributed by atoms with E-state index in [1.54, 1.807) is 6.20 Å². The molecule has 1 aromatic carbocycles. The number of Topliss-reactive ketones (excluding diaryl/α,β-unsaturated/α-hetero) is 1. The Labute approximate surface area is 94.0 Å². The van der Waals surface area contributed by atoms with Gasteiger partial charge in [0.25, 0.3) is 0 Å². The topological polar surface area (TPSA) is 30.0 Å². The van der Waals surface area contributed by atoms with E-state index in [1.165, 1.54) is 5.56 Å². The van der Waals surface area contributed by atoms with E-state index < -0.39 is 0 Å². The van der Waals surface area contributed by atoms with Crippen LogP contribution in [-0.4, -0.2) is 10.8 Å². The maximum atomic E-state index is 11.6. The minimum atomic E-state index is 0.265. The van der Waals surface area contributed by atoms with Crippen molar-refractivity contribution in [2.24, 2.45) is 0 Å². The van der Waals surface area contributed by atoms with Crippen molar-refractivity contribution < 1.29 is 4.79 Å². The van der Waals surface area contributed by atoms with Gasteiger partial charge in [-0.3, -0.25) is 9.78 Å². The van der Waals surface area contributed by atoms with Gasteiger partial charge in [0.15, 0.2) is 5.78 Å². The molecule has 0 fully saturated rings. The zero-order valence-corrected chi connectivity index (χ0v) is 8.81. The molecule has 1 aromatic heterocycles. The molecular weight excluding hydrogens is 198 g/mol. The lowest BCUT2D eigenvalue weighted by atomic mass is 9.98. The smallest absolute Gasteiger partial charge is 0.163 e. The van der Waals surface area contributed by atoms with Crippen molar-refractivity contribution in [3.8, 4) is 11.1 Å². The molecule has 0 saturated carbocycles. The first kappa shape index (κ1) is 9.28. The number of aromatic nitrogens is 1. The Morgan fingerprint density at radius 2 is 1.88 bits per heavy atom. The van der Waals surface area contributed by atoms with E-state index in [0.29, 0.717) is 6.42 Å². The van der Waals surface area contributed by atoms with E-state index in [2.05, 4.69) is 11.1 Å². The highest BCUT2D eigenvalue weighted by Gasteiger charge is 2.21. The fraction of sp³-hybridized carbons (Fsp3) is 0.143. The molecule has 1 heterocycles. The van der Waals surface area contributed by atoms with Crippen LogP contribution in [0.2, 0.25) is 0 Å². The number of nitrogens with zero attached hydrogens (tertiary/aromatic N) is 1. The molecule has 0 radical (unpaired) electrons. The minimum absolute atomic E-state index is 0.265. The van der Waals surface area contributed by atoms with E-state index >= 15 is 0 Å².